The minimum absolute atomic E-state index is 0.0380. The van der Waals surface area contributed by atoms with E-state index in [1.54, 1.807) is 6.07 Å². The summed E-state index contributed by atoms with van der Waals surface area (Å²) >= 11 is 0. The summed E-state index contributed by atoms with van der Waals surface area (Å²) in [7, 11) is 3.99. The van der Waals surface area contributed by atoms with E-state index in [1.165, 1.54) is 12.1 Å². The van der Waals surface area contributed by atoms with E-state index >= 15 is 0 Å². The second-order valence-electron chi connectivity index (χ2n) is 4.26. The molecular formula is C12H19N3O3. The summed E-state index contributed by atoms with van der Waals surface area (Å²) in [5.41, 5.74) is 6.26. The Bertz CT molecular complexity index is 408. The minimum atomic E-state index is -0.436. The molecule has 2 N–H and O–H groups in total. The predicted molar refractivity (Wildman–Crippen MR) is 69.7 cm³/mol. The summed E-state index contributed by atoms with van der Waals surface area (Å²) in [5, 5.41) is 10.6. The molecule has 0 radical (unpaired) electrons. The highest BCUT2D eigenvalue weighted by molar-refractivity contribution is 5.43. The van der Waals surface area contributed by atoms with Crippen LogP contribution in [0, 0.1) is 10.1 Å². The lowest BCUT2D eigenvalue weighted by Gasteiger charge is -2.12. The van der Waals surface area contributed by atoms with Crippen LogP contribution in [0.15, 0.2) is 18.2 Å². The van der Waals surface area contributed by atoms with Crippen LogP contribution >= 0.6 is 0 Å². The molecular weight excluding hydrogens is 234 g/mol. The number of hydrogen-bond donors (Lipinski definition) is 1. The predicted octanol–water partition coefficient (Wildman–Crippen LogP) is 1.38. The Hall–Kier alpha value is -1.66. The van der Waals surface area contributed by atoms with E-state index in [1.807, 2.05) is 14.1 Å². The molecule has 0 atom stereocenters. The van der Waals surface area contributed by atoms with Crippen molar-refractivity contribution < 1.29 is 9.66 Å². The molecule has 0 aliphatic carbocycles. The molecule has 0 spiro atoms. The maximum Gasteiger partial charge on any atom is 0.270 e. The molecule has 1 rings (SSSR count). The lowest BCUT2D eigenvalue weighted by molar-refractivity contribution is -0.384. The summed E-state index contributed by atoms with van der Waals surface area (Å²) in [6, 6.07) is 4.50. The summed E-state index contributed by atoms with van der Waals surface area (Å²) in [4.78, 5) is 12.3. The molecule has 0 heterocycles. The van der Waals surface area contributed by atoms with Gasteiger partial charge >= 0.3 is 0 Å². The second-order valence-corrected chi connectivity index (χ2v) is 4.26. The highest BCUT2D eigenvalue weighted by Crippen LogP contribution is 2.23. The van der Waals surface area contributed by atoms with Crippen molar-refractivity contribution in [2.45, 2.75) is 13.0 Å². The van der Waals surface area contributed by atoms with Gasteiger partial charge in [-0.05, 0) is 26.6 Å². The first-order chi connectivity index (χ1) is 8.54. The number of hydrogen-bond acceptors (Lipinski definition) is 5. The van der Waals surface area contributed by atoms with Crippen molar-refractivity contribution in [1.29, 1.82) is 0 Å². The lowest BCUT2D eigenvalue weighted by atomic mass is 10.2. The van der Waals surface area contributed by atoms with Crippen LogP contribution in [0.4, 0.5) is 5.69 Å². The fraction of sp³-hybridized carbons (Fsp3) is 0.500. The van der Waals surface area contributed by atoms with Crippen molar-refractivity contribution in [2.75, 3.05) is 27.2 Å². The van der Waals surface area contributed by atoms with Gasteiger partial charge in [-0.2, -0.15) is 0 Å². The number of non-ortho nitro benzene ring substituents is 1. The maximum absolute atomic E-state index is 10.6. The van der Waals surface area contributed by atoms with Crippen LogP contribution in [0.2, 0.25) is 0 Å². The third-order valence-electron chi connectivity index (χ3n) is 2.48. The molecule has 100 valence electrons. The molecule has 0 aliphatic heterocycles. The first kappa shape index (κ1) is 14.4. The van der Waals surface area contributed by atoms with E-state index in [4.69, 9.17) is 10.5 Å². The zero-order valence-electron chi connectivity index (χ0n) is 10.8. The molecule has 0 saturated heterocycles. The SMILES string of the molecule is CN(C)CCCOc1ccc([N+](=O)[O-])cc1CN. The molecule has 6 nitrogen and oxygen atoms in total. The van der Waals surface area contributed by atoms with E-state index < -0.39 is 4.92 Å². The second kappa shape index (κ2) is 6.93. The topological polar surface area (TPSA) is 81.6 Å². The van der Waals surface area contributed by atoms with E-state index in [-0.39, 0.29) is 12.2 Å². The third-order valence-corrected chi connectivity index (χ3v) is 2.48. The largest absolute Gasteiger partial charge is 0.493 e. The van der Waals surface area contributed by atoms with Crippen LogP contribution in [0.3, 0.4) is 0 Å². The number of ether oxygens (including phenoxy) is 1. The van der Waals surface area contributed by atoms with Gasteiger partial charge in [0, 0.05) is 30.8 Å². The van der Waals surface area contributed by atoms with Gasteiger partial charge < -0.3 is 15.4 Å². The first-order valence-corrected chi connectivity index (χ1v) is 5.79. The number of benzene rings is 1. The average molecular weight is 253 g/mol. The van der Waals surface area contributed by atoms with Crippen LogP contribution in [-0.4, -0.2) is 37.1 Å². The van der Waals surface area contributed by atoms with Gasteiger partial charge in [0.2, 0.25) is 0 Å². The first-order valence-electron chi connectivity index (χ1n) is 5.79. The summed E-state index contributed by atoms with van der Waals surface area (Å²) < 4.78 is 5.58. The summed E-state index contributed by atoms with van der Waals surface area (Å²) in [6.45, 7) is 1.73. The monoisotopic (exact) mass is 253 g/mol. The Kier molecular flexibility index (Phi) is 5.54. The molecule has 1 aromatic carbocycles. The normalized spacial score (nSPS) is 10.7. The van der Waals surface area contributed by atoms with Crippen molar-refractivity contribution in [1.82, 2.24) is 4.90 Å². The van der Waals surface area contributed by atoms with Crippen LogP contribution in [0.5, 0.6) is 5.75 Å². The van der Waals surface area contributed by atoms with Gasteiger partial charge in [0.15, 0.2) is 0 Å². The van der Waals surface area contributed by atoms with Gasteiger partial charge in [-0.1, -0.05) is 0 Å². The Morgan fingerprint density at radius 2 is 2.17 bits per heavy atom. The molecule has 1 aromatic rings. The van der Waals surface area contributed by atoms with Gasteiger partial charge in [0.05, 0.1) is 11.5 Å². The Labute approximate surface area is 106 Å². The Morgan fingerprint density at radius 3 is 2.72 bits per heavy atom. The summed E-state index contributed by atoms with van der Waals surface area (Å²) in [6.07, 6.45) is 0.897. The number of nitro groups is 1. The number of nitrogens with two attached hydrogens (primary N) is 1. The fourth-order valence-electron chi connectivity index (χ4n) is 1.54. The Balaban J connectivity index is 2.62. The molecule has 0 bridgehead atoms. The van der Waals surface area contributed by atoms with Crippen LogP contribution in [-0.2, 0) is 6.54 Å². The molecule has 0 saturated carbocycles. The average Bonchev–Trinajstić information content (AvgIpc) is 2.34. The molecule has 0 aromatic heterocycles. The van der Waals surface area contributed by atoms with Crippen LogP contribution in [0.1, 0.15) is 12.0 Å². The lowest BCUT2D eigenvalue weighted by Crippen LogP contribution is -2.16. The number of nitro benzene ring substituents is 1. The maximum atomic E-state index is 10.6. The van der Waals surface area contributed by atoms with Crippen molar-refractivity contribution in [2.24, 2.45) is 5.73 Å². The van der Waals surface area contributed by atoms with Gasteiger partial charge in [0.25, 0.3) is 5.69 Å². The molecule has 18 heavy (non-hydrogen) atoms. The molecule has 6 heteroatoms. The van der Waals surface area contributed by atoms with Gasteiger partial charge in [-0.15, -0.1) is 0 Å². The summed E-state index contributed by atoms with van der Waals surface area (Å²) in [5.74, 6) is 0.627. The fourth-order valence-corrected chi connectivity index (χ4v) is 1.54. The highest BCUT2D eigenvalue weighted by atomic mass is 16.6. The molecule has 0 unspecified atom stereocenters. The van der Waals surface area contributed by atoms with Gasteiger partial charge in [-0.3, -0.25) is 10.1 Å². The van der Waals surface area contributed by atoms with Crippen LogP contribution in [0.25, 0.3) is 0 Å². The van der Waals surface area contributed by atoms with E-state index in [9.17, 15) is 10.1 Å². The highest BCUT2D eigenvalue weighted by Gasteiger charge is 2.10. The van der Waals surface area contributed by atoms with E-state index in [0.29, 0.717) is 17.9 Å². The van der Waals surface area contributed by atoms with Gasteiger partial charge in [-0.25, -0.2) is 0 Å². The third kappa shape index (κ3) is 4.31. The number of rotatable bonds is 7. The van der Waals surface area contributed by atoms with Gasteiger partial charge in [0.1, 0.15) is 5.75 Å². The molecule has 0 fully saturated rings. The molecule has 0 amide bonds. The van der Waals surface area contributed by atoms with E-state index in [2.05, 4.69) is 4.90 Å². The zero-order chi connectivity index (χ0) is 13.5. The van der Waals surface area contributed by atoms with Crippen molar-refractivity contribution in [3.63, 3.8) is 0 Å². The van der Waals surface area contributed by atoms with Crippen molar-refractivity contribution >= 4 is 5.69 Å². The Morgan fingerprint density at radius 1 is 1.44 bits per heavy atom. The van der Waals surface area contributed by atoms with Crippen LogP contribution < -0.4 is 10.5 Å². The smallest absolute Gasteiger partial charge is 0.270 e. The number of nitrogens with zero attached hydrogens (tertiary/aromatic N) is 2. The quantitative estimate of drug-likeness (QED) is 0.451. The molecule has 0 aliphatic rings. The minimum Gasteiger partial charge on any atom is -0.493 e. The standard InChI is InChI=1S/C12H19N3O3/c1-14(2)6-3-7-18-12-5-4-11(15(16)17)8-10(12)9-13/h4-5,8H,3,6-7,9,13H2,1-2H3. The van der Waals surface area contributed by atoms with Crippen molar-refractivity contribution in [3.8, 4) is 5.75 Å². The van der Waals surface area contributed by atoms with Crippen molar-refractivity contribution in [3.05, 3.63) is 33.9 Å². The van der Waals surface area contributed by atoms with E-state index in [0.717, 1.165) is 13.0 Å². The zero-order valence-corrected chi connectivity index (χ0v) is 10.8.